The maximum atomic E-state index is 12.2. The highest BCUT2D eigenvalue weighted by atomic mass is 32.2. The Morgan fingerprint density at radius 1 is 1.29 bits per heavy atom. The number of amides is 1. The third kappa shape index (κ3) is 4.71. The maximum absolute atomic E-state index is 12.2. The van der Waals surface area contributed by atoms with Crippen molar-refractivity contribution in [2.24, 2.45) is 5.73 Å². The van der Waals surface area contributed by atoms with Crippen LogP contribution in [0.2, 0.25) is 0 Å². The summed E-state index contributed by atoms with van der Waals surface area (Å²) in [6, 6.07) is 6.53. The molecule has 0 heterocycles. The van der Waals surface area contributed by atoms with E-state index in [1.807, 2.05) is 13.8 Å². The number of anilines is 1. The summed E-state index contributed by atoms with van der Waals surface area (Å²) in [5.74, 6) is -0.303. The van der Waals surface area contributed by atoms with Gasteiger partial charge in [0.2, 0.25) is 10.0 Å². The summed E-state index contributed by atoms with van der Waals surface area (Å²) in [5, 5.41) is 2.08. The van der Waals surface area contributed by atoms with E-state index in [1.54, 1.807) is 24.3 Å². The Balaban J connectivity index is 3.03. The van der Waals surface area contributed by atoms with E-state index in [0.29, 0.717) is 5.56 Å². The van der Waals surface area contributed by atoms with Crippen molar-refractivity contribution in [3.05, 3.63) is 29.8 Å². The number of nitrogens with two attached hydrogens (primary N) is 1. The molecule has 0 fully saturated rings. The molecule has 1 aromatic rings. The molecule has 0 aliphatic heterocycles. The van der Waals surface area contributed by atoms with Crippen molar-refractivity contribution in [3.8, 4) is 0 Å². The number of hydrogen-bond donors (Lipinski definition) is 3. The summed E-state index contributed by atoms with van der Waals surface area (Å²) in [7, 11) is -3.61. The summed E-state index contributed by atoms with van der Waals surface area (Å²) >= 11 is 0. The van der Waals surface area contributed by atoms with Crippen molar-refractivity contribution in [1.82, 2.24) is 5.32 Å². The van der Waals surface area contributed by atoms with Gasteiger partial charge in [-0.3, -0.25) is 9.52 Å². The molecule has 21 heavy (non-hydrogen) atoms. The molecule has 0 radical (unpaired) electrons. The van der Waals surface area contributed by atoms with Crippen LogP contribution in [0.5, 0.6) is 0 Å². The molecule has 1 aromatic carbocycles. The molecule has 2 unspecified atom stereocenters. The molecule has 7 heteroatoms. The number of nitrogens with one attached hydrogen (secondary N) is 2. The van der Waals surface area contributed by atoms with Gasteiger partial charge in [0.05, 0.1) is 16.5 Å². The normalized spacial score (nSPS) is 14.3. The minimum Gasteiger partial charge on any atom is -0.350 e. The molecule has 0 aromatic heterocycles. The van der Waals surface area contributed by atoms with Gasteiger partial charge in [0.15, 0.2) is 0 Å². The van der Waals surface area contributed by atoms with Crippen LogP contribution in [0, 0.1) is 0 Å². The van der Waals surface area contributed by atoms with Gasteiger partial charge >= 0.3 is 0 Å². The second-order valence-corrected chi connectivity index (χ2v) is 7.12. The van der Waals surface area contributed by atoms with Gasteiger partial charge in [0.25, 0.3) is 5.91 Å². The largest absolute Gasteiger partial charge is 0.350 e. The lowest BCUT2D eigenvalue weighted by Crippen LogP contribution is -2.34. The van der Waals surface area contributed by atoms with Crippen LogP contribution in [0.1, 0.15) is 37.6 Å². The molecule has 1 rings (SSSR count). The molecule has 0 saturated heterocycles. The minimum atomic E-state index is -3.61. The van der Waals surface area contributed by atoms with E-state index in [4.69, 9.17) is 5.73 Å². The summed E-state index contributed by atoms with van der Waals surface area (Å²) in [5.41, 5.74) is 5.95. The molecule has 0 spiro atoms. The summed E-state index contributed by atoms with van der Waals surface area (Å²) < 4.78 is 26.6. The Morgan fingerprint density at radius 2 is 1.90 bits per heavy atom. The van der Waals surface area contributed by atoms with Crippen LogP contribution in [0.3, 0.4) is 0 Å². The smallest absolute Gasteiger partial charge is 0.253 e. The highest BCUT2D eigenvalue weighted by molar-refractivity contribution is 7.93. The Kier molecular flexibility index (Phi) is 6.17. The van der Waals surface area contributed by atoms with Gasteiger partial charge in [0, 0.05) is 12.6 Å². The number of rotatable bonds is 7. The third-order valence-electron chi connectivity index (χ3n) is 3.28. The molecule has 4 N–H and O–H groups in total. The minimum absolute atomic E-state index is 0.0105. The highest BCUT2D eigenvalue weighted by Crippen LogP contribution is 2.18. The molecule has 0 saturated carbocycles. The van der Waals surface area contributed by atoms with Crippen LogP contribution in [-0.4, -0.2) is 32.2 Å². The van der Waals surface area contributed by atoms with E-state index in [0.717, 1.165) is 6.42 Å². The van der Waals surface area contributed by atoms with Crippen LogP contribution < -0.4 is 15.8 Å². The molecule has 0 bridgehead atoms. The fourth-order valence-corrected chi connectivity index (χ4v) is 2.49. The number of carbonyl (C=O) groups is 1. The van der Waals surface area contributed by atoms with Gasteiger partial charge in [-0.05, 0) is 32.4 Å². The molecule has 118 valence electrons. The van der Waals surface area contributed by atoms with Crippen molar-refractivity contribution >= 4 is 21.6 Å². The summed E-state index contributed by atoms with van der Waals surface area (Å²) in [6.07, 6.45) is 0.795. The fourth-order valence-electron chi connectivity index (χ4n) is 1.55. The Bertz CT molecular complexity index is 587. The first kappa shape index (κ1) is 17.5. The molecule has 6 nitrogen and oxygen atoms in total. The van der Waals surface area contributed by atoms with Crippen molar-refractivity contribution in [2.45, 2.75) is 38.5 Å². The van der Waals surface area contributed by atoms with Crippen molar-refractivity contribution in [1.29, 1.82) is 0 Å². The predicted octanol–water partition coefficient (Wildman–Crippen LogP) is 1.30. The number of benzene rings is 1. The van der Waals surface area contributed by atoms with Gasteiger partial charge in [-0.1, -0.05) is 19.1 Å². The average Bonchev–Trinajstić information content (AvgIpc) is 2.46. The lowest BCUT2D eigenvalue weighted by molar-refractivity contribution is 0.0940. The Hall–Kier alpha value is -1.60. The van der Waals surface area contributed by atoms with Gasteiger partial charge in [0.1, 0.15) is 0 Å². The second kappa shape index (κ2) is 7.42. The number of para-hydroxylation sites is 1. The second-order valence-electron chi connectivity index (χ2n) is 5.02. The Morgan fingerprint density at radius 3 is 2.48 bits per heavy atom. The van der Waals surface area contributed by atoms with Crippen LogP contribution in [0.15, 0.2) is 24.3 Å². The number of sulfonamides is 1. The van der Waals surface area contributed by atoms with Gasteiger partial charge in [-0.15, -0.1) is 0 Å². The average molecular weight is 313 g/mol. The van der Waals surface area contributed by atoms with E-state index in [1.165, 1.54) is 6.92 Å². The molecular formula is C14H23N3O3S. The zero-order chi connectivity index (χ0) is 16.0. The predicted molar refractivity (Wildman–Crippen MR) is 84.7 cm³/mol. The monoisotopic (exact) mass is 313 g/mol. The van der Waals surface area contributed by atoms with Crippen LogP contribution >= 0.6 is 0 Å². The molecule has 2 atom stereocenters. The van der Waals surface area contributed by atoms with E-state index >= 15 is 0 Å². The molecular weight excluding hydrogens is 290 g/mol. The fraction of sp³-hybridized carbons (Fsp3) is 0.500. The molecule has 0 aliphatic rings. The van der Waals surface area contributed by atoms with Crippen molar-refractivity contribution in [3.63, 3.8) is 0 Å². The lowest BCUT2D eigenvalue weighted by atomic mass is 10.1. The SMILES string of the molecule is CCC(C)NC(=O)c1ccccc1NS(=O)(=O)C(C)CN. The highest BCUT2D eigenvalue weighted by Gasteiger charge is 2.22. The van der Waals surface area contributed by atoms with Gasteiger partial charge in [-0.2, -0.15) is 0 Å². The van der Waals surface area contributed by atoms with Gasteiger partial charge in [-0.25, -0.2) is 8.42 Å². The first-order chi connectivity index (χ1) is 9.81. The maximum Gasteiger partial charge on any atom is 0.253 e. The molecule has 1 amide bonds. The van der Waals surface area contributed by atoms with Crippen LogP contribution in [-0.2, 0) is 10.0 Å². The zero-order valence-corrected chi connectivity index (χ0v) is 13.4. The summed E-state index contributed by atoms with van der Waals surface area (Å²) in [4.78, 5) is 12.2. The quantitative estimate of drug-likeness (QED) is 0.706. The zero-order valence-electron chi connectivity index (χ0n) is 12.6. The molecule has 0 aliphatic carbocycles. The summed E-state index contributed by atoms with van der Waals surface area (Å²) in [6.45, 7) is 5.38. The van der Waals surface area contributed by atoms with E-state index in [2.05, 4.69) is 10.0 Å². The lowest BCUT2D eigenvalue weighted by Gasteiger charge is -2.17. The van der Waals surface area contributed by atoms with E-state index in [-0.39, 0.29) is 24.2 Å². The first-order valence-electron chi connectivity index (χ1n) is 6.93. The first-order valence-corrected chi connectivity index (χ1v) is 8.48. The van der Waals surface area contributed by atoms with Crippen molar-refractivity contribution < 1.29 is 13.2 Å². The third-order valence-corrected chi connectivity index (χ3v) is 5.03. The standard InChI is InChI=1S/C14H23N3O3S/c1-4-10(2)16-14(18)12-7-5-6-8-13(12)17-21(19,20)11(3)9-15/h5-8,10-11,17H,4,9,15H2,1-3H3,(H,16,18). The number of hydrogen-bond acceptors (Lipinski definition) is 4. The van der Waals surface area contributed by atoms with E-state index < -0.39 is 15.3 Å². The van der Waals surface area contributed by atoms with E-state index in [9.17, 15) is 13.2 Å². The van der Waals surface area contributed by atoms with Gasteiger partial charge < -0.3 is 11.1 Å². The van der Waals surface area contributed by atoms with Crippen molar-refractivity contribution in [2.75, 3.05) is 11.3 Å². The van der Waals surface area contributed by atoms with Crippen LogP contribution in [0.25, 0.3) is 0 Å². The topological polar surface area (TPSA) is 101 Å². The Labute approximate surface area is 126 Å². The number of carbonyl (C=O) groups excluding carboxylic acids is 1. The van der Waals surface area contributed by atoms with Crippen LogP contribution in [0.4, 0.5) is 5.69 Å².